The van der Waals surface area contributed by atoms with Gasteiger partial charge in [0.05, 0.1) is 5.16 Å². The van der Waals surface area contributed by atoms with Gasteiger partial charge in [0.1, 0.15) is 5.75 Å². The van der Waals surface area contributed by atoms with Gasteiger partial charge in [0.15, 0.2) is 0 Å². The van der Waals surface area contributed by atoms with Crippen LogP contribution in [0.25, 0.3) is 0 Å². The summed E-state index contributed by atoms with van der Waals surface area (Å²) in [7, 11) is -4.20. The van der Waals surface area contributed by atoms with Crippen molar-refractivity contribution in [2.45, 2.75) is 37.8 Å². The molecule has 2 rings (SSSR count). The van der Waals surface area contributed by atoms with Crippen LogP contribution in [0, 0.1) is 5.92 Å². The summed E-state index contributed by atoms with van der Waals surface area (Å²) >= 11 is 0. The fourth-order valence-corrected chi connectivity index (χ4v) is 3.31. The fraction of sp³-hybridized carbons (Fsp3) is 0.538. The third kappa shape index (κ3) is 2.46. The highest BCUT2D eigenvalue weighted by molar-refractivity contribution is 7.53. The number of hydrogen-bond donors (Lipinski definition) is 3. The van der Waals surface area contributed by atoms with Gasteiger partial charge < -0.3 is 14.9 Å². The third-order valence-corrected chi connectivity index (χ3v) is 5.61. The molecular formula is C13H19O4P. The molecule has 1 aromatic carbocycles. The lowest BCUT2D eigenvalue weighted by atomic mass is 9.83. The average Bonchev–Trinajstić information content (AvgIpc) is 3.00. The molecule has 100 valence electrons. The minimum Gasteiger partial charge on any atom is -0.508 e. The van der Waals surface area contributed by atoms with E-state index in [2.05, 4.69) is 0 Å². The lowest BCUT2D eigenvalue weighted by Gasteiger charge is -2.35. The first kappa shape index (κ1) is 13.6. The maximum atomic E-state index is 11.7. The predicted molar refractivity (Wildman–Crippen MR) is 69.7 cm³/mol. The van der Waals surface area contributed by atoms with Gasteiger partial charge in [-0.25, -0.2) is 0 Å². The van der Waals surface area contributed by atoms with Crippen LogP contribution in [0.4, 0.5) is 0 Å². The van der Waals surface area contributed by atoms with Crippen LogP contribution in [0.2, 0.25) is 0 Å². The highest BCUT2D eigenvalue weighted by Crippen LogP contribution is 2.62. The van der Waals surface area contributed by atoms with Gasteiger partial charge in [-0.1, -0.05) is 12.1 Å². The largest absolute Gasteiger partial charge is 0.508 e. The molecule has 18 heavy (non-hydrogen) atoms. The second kappa shape index (κ2) is 4.37. The van der Waals surface area contributed by atoms with E-state index in [0.717, 1.165) is 18.4 Å². The van der Waals surface area contributed by atoms with E-state index in [4.69, 9.17) is 0 Å². The van der Waals surface area contributed by atoms with E-state index in [1.54, 1.807) is 32.0 Å². The van der Waals surface area contributed by atoms with E-state index in [-0.39, 0.29) is 11.7 Å². The standard InChI is InChI=1S/C13H19O4P/c1-13(2,18(15,16)17)12(9-6-7-9)10-4-3-5-11(14)8-10/h3-5,8-9,12,14H,6-7H2,1-2H3,(H2,15,16,17). The number of phenolic OH excluding ortho intramolecular Hbond substituents is 1. The highest BCUT2D eigenvalue weighted by atomic mass is 31.2. The molecule has 0 saturated heterocycles. The second-order valence-corrected chi connectivity index (χ2v) is 7.85. The zero-order chi connectivity index (χ0) is 13.6. The van der Waals surface area contributed by atoms with Gasteiger partial charge in [-0.15, -0.1) is 0 Å². The molecule has 1 aliphatic carbocycles. The van der Waals surface area contributed by atoms with Crippen molar-refractivity contribution in [3.8, 4) is 5.75 Å². The number of phenols is 1. The van der Waals surface area contributed by atoms with Crippen molar-refractivity contribution in [3.05, 3.63) is 29.8 Å². The van der Waals surface area contributed by atoms with Gasteiger partial charge >= 0.3 is 7.60 Å². The van der Waals surface area contributed by atoms with Gasteiger partial charge in [0.25, 0.3) is 0 Å². The van der Waals surface area contributed by atoms with Crippen molar-refractivity contribution < 1.29 is 19.5 Å². The van der Waals surface area contributed by atoms with Crippen molar-refractivity contribution in [2.75, 3.05) is 0 Å². The van der Waals surface area contributed by atoms with E-state index in [1.165, 1.54) is 0 Å². The molecule has 5 heteroatoms. The Morgan fingerprint density at radius 3 is 2.39 bits per heavy atom. The van der Waals surface area contributed by atoms with Crippen LogP contribution >= 0.6 is 7.60 Å². The van der Waals surface area contributed by atoms with Crippen LogP contribution in [-0.4, -0.2) is 20.0 Å². The lowest BCUT2D eigenvalue weighted by Crippen LogP contribution is -2.31. The van der Waals surface area contributed by atoms with E-state index in [9.17, 15) is 19.5 Å². The summed E-state index contributed by atoms with van der Waals surface area (Å²) in [4.78, 5) is 19.1. The van der Waals surface area contributed by atoms with E-state index >= 15 is 0 Å². The molecular weight excluding hydrogens is 251 g/mol. The minimum atomic E-state index is -4.20. The molecule has 1 atom stereocenters. The van der Waals surface area contributed by atoms with Crippen molar-refractivity contribution >= 4 is 7.60 Å². The van der Waals surface area contributed by atoms with Gasteiger partial charge in [0, 0.05) is 5.92 Å². The average molecular weight is 270 g/mol. The number of aromatic hydroxyl groups is 1. The topological polar surface area (TPSA) is 77.8 Å². The Labute approximate surface area is 107 Å². The number of rotatable bonds is 4. The Kier molecular flexibility index (Phi) is 3.30. The predicted octanol–water partition coefficient (Wildman–Crippen LogP) is 2.84. The Morgan fingerprint density at radius 2 is 1.94 bits per heavy atom. The Hall–Kier alpha value is -0.830. The zero-order valence-electron chi connectivity index (χ0n) is 10.6. The van der Waals surface area contributed by atoms with Crippen LogP contribution in [0.3, 0.4) is 0 Å². The molecule has 4 nitrogen and oxygen atoms in total. The van der Waals surface area contributed by atoms with Crippen LogP contribution < -0.4 is 0 Å². The van der Waals surface area contributed by atoms with E-state index < -0.39 is 12.8 Å². The summed E-state index contributed by atoms with van der Waals surface area (Å²) in [5.74, 6) is 0.222. The highest BCUT2D eigenvalue weighted by Gasteiger charge is 2.51. The van der Waals surface area contributed by atoms with Gasteiger partial charge in [-0.3, -0.25) is 4.57 Å². The quantitative estimate of drug-likeness (QED) is 0.735. The maximum Gasteiger partial charge on any atom is 0.331 e. The SMILES string of the molecule is CC(C)(C(c1cccc(O)c1)C1CC1)P(=O)(O)O. The molecule has 0 bridgehead atoms. The summed E-state index contributed by atoms with van der Waals surface area (Å²) in [6.07, 6.45) is 1.98. The smallest absolute Gasteiger partial charge is 0.331 e. The molecule has 0 radical (unpaired) electrons. The number of hydrogen-bond acceptors (Lipinski definition) is 2. The summed E-state index contributed by atoms with van der Waals surface area (Å²) in [5, 5.41) is 8.43. The van der Waals surface area contributed by atoms with Crippen LogP contribution in [0.1, 0.15) is 38.2 Å². The molecule has 0 heterocycles. The maximum absolute atomic E-state index is 11.7. The van der Waals surface area contributed by atoms with Crippen molar-refractivity contribution in [1.82, 2.24) is 0 Å². The summed E-state index contributed by atoms with van der Waals surface area (Å²) in [6.45, 7) is 3.22. The first-order chi connectivity index (χ1) is 8.23. The van der Waals surface area contributed by atoms with Crippen LogP contribution in [-0.2, 0) is 4.57 Å². The summed E-state index contributed by atoms with van der Waals surface area (Å²) < 4.78 is 11.7. The lowest BCUT2D eigenvalue weighted by molar-refractivity contribution is 0.309. The van der Waals surface area contributed by atoms with Crippen molar-refractivity contribution in [3.63, 3.8) is 0 Å². The normalized spacial score (nSPS) is 18.7. The van der Waals surface area contributed by atoms with Gasteiger partial charge in [-0.05, 0) is 50.3 Å². The van der Waals surface area contributed by atoms with E-state index in [0.29, 0.717) is 5.92 Å². The molecule has 3 N–H and O–H groups in total. The second-order valence-electron chi connectivity index (χ2n) is 5.61. The van der Waals surface area contributed by atoms with Crippen molar-refractivity contribution in [2.24, 2.45) is 5.92 Å². The molecule has 0 amide bonds. The molecule has 1 unspecified atom stereocenters. The number of benzene rings is 1. The monoisotopic (exact) mass is 270 g/mol. The summed E-state index contributed by atoms with van der Waals surface area (Å²) in [5.41, 5.74) is 0.811. The molecule has 0 aliphatic heterocycles. The van der Waals surface area contributed by atoms with Gasteiger partial charge in [-0.2, -0.15) is 0 Å². The molecule has 0 aromatic heterocycles. The third-order valence-electron chi connectivity index (χ3n) is 3.83. The Morgan fingerprint density at radius 1 is 1.33 bits per heavy atom. The van der Waals surface area contributed by atoms with Gasteiger partial charge in [0.2, 0.25) is 0 Å². The summed E-state index contributed by atoms with van der Waals surface area (Å²) in [6, 6.07) is 6.73. The molecule has 1 aromatic rings. The first-order valence-electron chi connectivity index (χ1n) is 6.08. The Bertz CT molecular complexity index is 488. The van der Waals surface area contributed by atoms with Crippen LogP contribution in [0.5, 0.6) is 5.75 Å². The molecule has 0 spiro atoms. The molecule has 1 saturated carbocycles. The first-order valence-corrected chi connectivity index (χ1v) is 7.69. The zero-order valence-corrected chi connectivity index (χ0v) is 11.5. The fourth-order valence-electron chi connectivity index (χ4n) is 2.59. The minimum absolute atomic E-state index is 0.139. The van der Waals surface area contributed by atoms with Crippen LogP contribution in [0.15, 0.2) is 24.3 Å². The van der Waals surface area contributed by atoms with E-state index in [1.807, 2.05) is 6.07 Å². The van der Waals surface area contributed by atoms with Crippen molar-refractivity contribution in [1.29, 1.82) is 0 Å². The molecule has 1 fully saturated rings. The molecule has 1 aliphatic rings. The Balaban J connectivity index is 2.44.